The Hall–Kier alpha value is -3.17. The molecule has 0 spiro atoms. The average molecular weight is 365 g/mol. The van der Waals surface area contributed by atoms with Crippen molar-refractivity contribution in [2.75, 3.05) is 13.2 Å². The number of carbonyl (C=O) groups is 3. The van der Waals surface area contributed by atoms with Crippen LogP contribution in [0.25, 0.3) is 0 Å². The van der Waals surface area contributed by atoms with Crippen LogP contribution in [0.2, 0.25) is 0 Å². The number of amides is 3. The molecule has 0 radical (unpaired) electrons. The molecule has 2 N–H and O–H groups in total. The SMILES string of the molecule is O=C(COC(=O)COc1ccccc1[N+](=O)[O-])NC(=O)NC1CCCC1. The van der Waals surface area contributed by atoms with Gasteiger partial charge < -0.3 is 14.8 Å². The summed E-state index contributed by atoms with van der Waals surface area (Å²) < 4.78 is 9.71. The van der Waals surface area contributed by atoms with E-state index in [1.807, 2.05) is 0 Å². The molecule has 1 aromatic carbocycles. The Morgan fingerprint density at radius 3 is 2.54 bits per heavy atom. The van der Waals surface area contributed by atoms with Crippen LogP contribution in [0.15, 0.2) is 24.3 Å². The van der Waals surface area contributed by atoms with E-state index in [9.17, 15) is 24.5 Å². The Morgan fingerprint density at radius 2 is 1.85 bits per heavy atom. The normalized spacial score (nSPS) is 13.7. The van der Waals surface area contributed by atoms with E-state index in [-0.39, 0.29) is 17.5 Å². The molecule has 0 bridgehead atoms. The second-order valence-corrected chi connectivity index (χ2v) is 5.68. The summed E-state index contributed by atoms with van der Waals surface area (Å²) in [5.41, 5.74) is -0.290. The van der Waals surface area contributed by atoms with Crippen molar-refractivity contribution in [1.29, 1.82) is 0 Å². The number of rotatable bonds is 7. The van der Waals surface area contributed by atoms with Crippen LogP contribution < -0.4 is 15.4 Å². The molecule has 0 heterocycles. The molecule has 1 aliphatic rings. The molecule has 3 amide bonds. The van der Waals surface area contributed by atoms with Crippen molar-refractivity contribution in [3.63, 3.8) is 0 Å². The number of esters is 1. The van der Waals surface area contributed by atoms with Crippen molar-refractivity contribution in [2.24, 2.45) is 0 Å². The fraction of sp³-hybridized carbons (Fsp3) is 0.438. The number of hydrogen-bond acceptors (Lipinski definition) is 7. The van der Waals surface area contributed by atoms with Gasteiger partial charge in [0.2, 0.25) is 0 Å². The van der Waals surface area contributed by atoms with Crippen LogP contribution in [0.1, 0.15) is 25.7 Å². The Labute approximate surface area is 149 Å². The fourth-order valence-corrected chi connectivity index (χ4v) is 2.51. The molecule has 10 nitrogen and oxygen atoms in total. The summed E-state index contributed by atoms with van der Waals surface area (Å²) in [6.07, 6.45) is 3.82. The van der Waals surface area contributed by atoms with Gasteiger partial charge in [-0.3, -0.25) is 20.2 Å². The van der Waals surface area contributed by atoms with Gasteiger partial charge in [0.1, 0.15) is 0 Å². The predicted octanol–water partition coefficient (Wildman–Crippen LogP) is 1.29. The summed E-state index contributed by atoms with van der Waals surface area (Å²) in [5, 5.41) is 15.6. The topological polar surface area (TPSA) is 137 Å². The quantitative estimate of drug-likeness (QED) is 0.422. The van der Waals surface area contributed by atoms with Crippen molar-refractivity contribution in [1.82, 2.24) is 10.6 Å². The molecule has 0 saturated heterocycles. The maximum Gasteiger partial charge on any atom is 0.344 e. The van der Waals surface area contributed by atoms with Gasteiger partial charge in [0, 0.05) is 12.1 Å². The number of para-hydroxylation sites is 2. The third-order valence-electron chi connectivity index (χ3n) is 3.72. The number of hydrogen-bond donors (Lipinski definition) is 2. The Morgan fingerprint density at radius 1 is 1.15 bits per heavy atom. The lowest BCUT2D eigenvalue weighted by atomic mass is 10.2. The Balaban J connectivity index is 1.69. The van der Waals surface area contributed by atoms with Crippen LogP contribution in [0.3, 0.4) is 0 Å². The molecule has 140 valence electrons. The number of nitro groups is 1. The molecule has 0 aliphatic heterocycles. The number of urea groups is 1. The van der Waals surface area contributed by atoms with Gasteiger partial charge in [0.05, 0.1) is 4.92 Å². The van der Waals surface area contributed by atoms with E-state index in [0.717, 1.165) is 25.7 Å². The Kier molecular flexibility index (Phi) is 6.89. The smallest absolute Gasteiger partial charge is 0.344 e. The summed E-state index contributed by atoms with van der Waals surface area (Å²) in [6, 6.07) is 4.98. The van der Waals surface area contributed by atoms with Crippen LogP contribution in [0, 0.1) is 10.1 Å². The van der Waals surface area contributed by atoms with Gasteiger partial charge in [0.25, 0.3) is 5.91 Å². The molecule has 10 heteroatoms. The van der Waals surface area contributed by atoms with Crippen LogP contribution in [-0.4, -0.2) is 42.1 Å². The number of nitrogens with zero attached hydrogens (tertiary/aromatic N) is 1. The van der Waals surface area contributed by atoms with Gasteiger partial charge in [-0.25, -0.2) is 9.59 Å². The largest absolute Gasteiger partial charge is 0.475 e. The van der Waals surface area contributed by atoms with Crippen LogP contribution in [-0.2, 0) is 14.3 Å². The minimum Gasteiger partial charge on any atom is -0.475 e. The Bertz CT molecular complexity index is 686. The van der Waals surface area contributed by atoms with Gasteiger partial charge in [-0.05, 0) is 18.9 Å². The highest BCUT2D eigenvalue weighted by atomic mass is 16.6. The summed E-state index contributed by atoms with van der Waals surface area (Å²) in [7, 11) is 0. The molecular formula is C16H19N3O7. The molecule has 0 atom stereocenters. The molecule has 1 saturated carbocycles. The minimum atomic E-state index is -0.894. The molecule has 0 unspecified atom stereocenters. The second kappa shape index (κ2) is 9.35. The lowest BCUT2D eigenvalue weighted by Gasteiger charge is -2.12. The first kappa shape index (κ1) is 19.2. The number of nitro benzene ring substituents is 1. The molecule has 0 aromatic heterocycles. The van der Waals surface area contributed by atoms with Gasteiger partial charge in [-0.15, -0.1) is 0 Å². The van der Waals surface area contributed by atoms with E-state index in [1.165, 1.54) is 24.3 Å². The zero-order chi connectivity index (χ0) is 18.9. The highest BCUT2D eigenvalue weighted by Crippen LogP contribution is 2.25. The first-order valence-electron chi connectivity index (χ1n) is 8.08. The fourth-order valence-electron chi connectivity index (χ4n) is 2.51. The van der Waals surface area contributed by atoms with E-state index < -0.39 is 36.0 Å². The van der Waals surface area contributed by atoms with E-state index in [1.54, 1.807) is 0 Å². The zero-order valence-electron chi connectivity index (χ0n) is 13.9. The number of benzene rings is 1. The maximum atomic E-state index is 11.6. The zero-order valence-corrected chi connectivity index (χ0v) is 13.9. The molecule has 2 rings (SSSR count). The third-order valence-corrected chi connectivity index (χ3v) is 3.72. The van der Waals surface area contributed by atoms with Crippen LogP contribution in [0.5, 0.6) is 5.75 Å². The molecular weight excluding hydrogens is 346 g/mol. The van der Waals surface area contributed by atoms with Crippen molar-refractivity contribution in [2.45, 2.75) is 31.7 Å². The lowest BCUT2D eigenvalue weighted by molar-refractivity contribution is -0.385. The first-order valence-corrected chi connectivity index (χ1v) is 8.08. The number of carbonyl (C=O) groups excluding carboxylic acids is 3. The standard InChI is InChI=1S/C16H19N3O7/c20-14(18-16(22)17-11-5-1-2-6-11)9-26-15(21)10-25-13-8-4-3-7-12(13)19(23)24/h3-4,7-8,11H,1-2,5-6,9-10H2,(H2,17,18,20,22). The van der Waals surface area contributed by atoms with E-state index in [2.05, 4.69) is 15.4 Å². The van der Waals surface area contributed by atoms with Gasteiger partial charge in [-0.1, -0.05) is 25.0 Å². The van der Waals surface area contributed by atoms with Crippen LogP contribution in [0.4, 0.5) is 10.5 Å². The maximum absolute atomic E-state index is 11.6. The second-order valence-electron chi connectivity index (χ2n) is 5.68. The molecule has 1 fully saturated rings. The average Bonchev–Trinajstić information content (AvgIpc) is 3.11. The van der Waals surface area contributed by atoms with Crippen molar-refractivity contribution < 1.29 is 28.8 Å². The van der Waals surface area contributed by atoms with Crippen molar-refractivity contribution in [3.05, 3.63) is 34.4 Å². The summed E-state index contributed by atoms with van der Waals surface area (Å²) in [5.74, 6) is -1.76. The first-order chi connectivity index (χ1) is 12.5. The monoisotopic (exact) mass is 365 g/mol. The lowest BCUT2D eigenvalue weighted by Crippen LogP contribution is -2.45. The third kappa shape index (κ3) is 6.04. The number of imide groups is 1. The molecule has 1 aromatic rings. The summed E-state index contributed by atoms with van der Waals surface area (Å²) in [4.78, 5) is 44.9. The number of ether oxygens (including phenoxy) is 2. The van der Waals surface area contributed by atoms with Gasteiger partial charge in [0.15, 0.2) is 19.0 Å². The minimum absolute atomic E-state index is 0.0559. The highest BCUT2D eigenvalue weighted by Gasteiger charge is 2.19. The predicted molar refractivity (Wildman–Crippen MR) is 88.5 cm³/mol. The molecule has 26 heavy (non-hydrogen) atoms. The number of nitrogens with one attached hydrogen (secondary N) is 2. The molecule has 1 aliphatic carbocycles. The van der Waals surface area contributed by atoms with E-state index in [0.29, 0.717) is 0 Å². The summed E-state index contributed by atoms with van der Waals surface area (Å²) in [6.45, 7) is -1.26. The summed E-state index contributed by atoms with van der Waals surface area (Å²) >= 11 is 0. The van der Waals surface area contributed by atoms with Crippen molar-refractivity contribution in [3.8, 4) is 5.75 Å². The van der Waals surface area contributed by atoms with Gasteiger partial charge >= 0.3 is 17.7 Å². The van der Waals surface area contributed by atoms with Crippen molar-refractivity contribution >= 4 is 23.6 Å². The van der Waals surface area contributed by atoms with E-state index >= 15 is 0 Å². The van der Waals surface area contributed by atoms with Crippen LogP contribution >= 0.6 is 0 Å². The highest BCUT2D eigenvalue weighted by molar-refractivity contribution is 5.95. The van der Waals surface area contributed by atoms with Gasteiger partial charge in [-0.2, -0.15) is 0 Å². The van der Waals surface area contributed by atoms with E-state index in [4.69, 9.17) is 4.74 Å².